The third-order valence-corrected chi connectivity index (χ3v) is 6.73. The van der Waals surface area contributed by atoms with Gasteiger partial charge in [0.2, 0.25) is 10.0 Å². The summed E-state index contributed by atoms with van der Waals surface area (Å²) < 4.78 is 66.5. The van der Waals surface area contributed by atoms with Crippen molar-refractivity contribution in [2.24, 2.45) is 0 Å². The van der Waals surface area contributed by atoms with Crippen LogP contribution in [0, 0.1) is 0 Å². The van der Waals surface area contributed by atoms with Gasteiger partial charge in [-0.2, -0.15) is 13.2 Å². The molecule has 0 aliphatic heterocycles. The number of Topliss-reactive ketones (excluding diaryl/α,β-unsaturated/α-hetero) is 1. The number of ketones is 1. The number of alkyl halides is 3. The van der Waals surface area contributed by atoms with Gasteiger partial charge in [-0.05, 0) is 31.2 Å². The van der Waals surface area contributed by atoms with Crippen molar-refractivity contribution >= 4 is 38.5 Å². The lowest BCUT2D eigenvalue weighted by atomic mass is 10.2. The van der Waals surface area contributed by atoms with Crippen molar-refractivity contribution in [2.45, 2.75) is 22.9 Å². The number of sulfonamides is 1. The molecule has 0 saturated carbocycles. The summed E-state index contributed by atoms with van der Waals surface area (Å²) in [5.74, 6) is 0.0434. The first-order valence-electron chi connectivity index (χ1n) is 8.78. The number of benzene rings is 2. The molecule has 158 valence electrons. The molecule has 0 amide bonds. The van der Waals surface area contributed by atoms with E-state index in [0.29, 0.717) is 15.8 Å². The fourth-order valence-corrected chi connectivity index (χ4v) is 4.81. The molecule has 1 N–H and O–H groups in total. The van der Waals surface area contributed by atoms with E-state index in [2.05, 4.69) is 9.71 Å². The molecule has 30 heavy (non-hydrogen) atoms. The van der Waals surface area contributed by atoms with Crippen molar-refractivity contribution in [3.63, 3.8) is 0 Å². The molecule has 0 spiro atoms. The van der Waals surface area contributed by atoms with Gasteiger partial charge in [-0.15, -0.1) is 11.8 Å². The van der Waals surface area contributed by atoms with Gasteiger partial charge in [-0.3, -0.25) is 4.79 Å². The van der Waals surface area contributed by atoms with Crippen molar-refractivity contribution in [1.29, 1.82) is 0 Å². The maximum atomic E-state index is 13.1. The highest BCUT2D eigenvalue weighted by atomic mass is 32.2. The summed E-state index contributed by atoms with van der Waals surface area (Å²) in [5, 5.41) is 0.568. The summed E-state index contributed by atoms with van der Waals surface area (Å²) in [5.41, 5.74) is -0.370. The van der Waals surface area contributed by atoms with Gasteiger partial charge in [0, 0.05) is 28.1 Å². The number of fused-ring (bicyclic) bond motifs is 1. The van der Waals surface area contributed by atoms with Crippen LogP contribution in [0.25, 0.3) is 10.9 Å². The molecule has 1 heterocycles. The van der Waals surface area contributed by atoms with Crippen LogP contribution in [0.15, 0.2) is 64.4 Å². The minimum Gasteiger partial charge on any atom is -0.295 e. The number of hydrogen-bond donors (Lipinski definition) is 1. The van der Waals surface area contributed by atoms with E-state index >= 15 is 0 Å². The number of carbonyl (C=O) groups excluding carboxylic acids is 1. The smallest absolute Gasteiger partial charge is 0.295 e. The molecule has 5 nitrogen and oxygen atoms in total. The molecule has 2 aromatic carbocycles. The lowest BCUT2D eigenvalue weighted by molar-refractivity contribution is -0.141. The van der Waals surface area contributed by atoms with E-state index in [1.807, 2.05) is 0 Å². The van der Waals surface area contributed by atoms with Gasteiger partial charge in [0.15, 0.2) is 5.78 Å². The molecule has 0 bridgehead atoms. The zero-order valence-electron chi connectivity index (χ0n) is 15.7. The standard InChI is InChI=1S/C20H17F3N2O3S2/c1-13(26)14-6-8-15(9-7-14)30(27,28)24-10-11-29-18-12-19(20(21,22)23)25-17-5-3-2-4-16(17)18/h2-9,12,24H,10-11H2,1H3. The molecular weight excluding hydrogens is 437 g/mol. The minimum absolute atomic E-state index is 0.00576. The molecule has 0 unspecified atom stereocenters. The first-order chi connectivity index (χ1) is 14.1. The average molecular weight is 454 g/mol. The molecule has 0 saturated heterocycles. The van der Waals surface area contributed by atoms with E-state index in [-0.39, 0.29) is 28.5 Å². The number of aromatic nitrogens is 1. The average Bonchev–Trinajstić information content (AvgIpc) is 2.70. The van der Waals surface area contributed by atoms with Gasteiger partial charge in [0.1, 0.15) is 5.69 Å². The van der Waals surface area contributed by atoms with E-state index in [1.54, 1.807) is 18.2 Å². The predicted octanol–water partition coefficient (Wildman–Crippen LogP) is 4.53. The number of rotatable bonds is 7. The van der Waals surface area contributed by atoms with Crippen LogP contribution >= 0.6 is 11.8 Å². The molecule has 0 radical (unpaired) electrons. The van der Waals surface area contributed by atoms with Crippen molar-refractivity contribution in [3.05, 3.63) is 65.9 Å². The molecule has 3 rings (SSSR count). The van der Waals surface area contributed by atoms with Crippen LogP contribution in [0.3, 0.4) is 0 Å². The summed E-state index contributed by atoms with van der Waals surface area (Å²) in [7, 11) is -3.80. The zero-order valence-corrected chi connectivity index (χ0v) is 17.4. The van der Waals surface area contributed by atoms with E-state index in [0.717, 1.165) is 17.8 Å². The number of nitrogens with one attached hydrogen (secondary N) is 1. The summed E-state index contributed by atoms with van der Waals surface area (Å²) >= 11 is 1.11. The number of para-hydroxylation sites is 1. The number of nitrogens with zero attached hydrogens (tertiary/aromatic N) is 1. The Kier molecular flexibility index (Phi) is 6.49. The van der Waals surface area contributed by atoms with Crippen LogP contribution in [0.4, 0.5) is 13.2 Å². The largest absolute Gasteiger partial charge is 0.433 e. The summed E-state index contributed by atoms with van der Waals surface area (Å²) in [6, 6.07) is 13.0. The van der Waals surface area contributed by atoms with Crippen molar-refractivity contribution in [1.82, 2.24) is 9.71 Å². The van der Waals surface area contributed by atoms with Gasteiger partial charge in [-0.25, -0.2) is 18.1 Å². The molecule has 0 aliphatic carbocycles. The van der Waals surface area contributed by atoms with Crippen molar-refractivity contribution in [2.75, 3.05) is 12.3 Å². The Bertz CT molecular complexity index is 1180. The highest BCUT2D eigenvalue weighted by molar-refractivity contribution is 7.99. The van der Waals surface area contributed by atoms with E-state index in [4.69, 9.17) is 0 Å². The normalized spacial score (nSPS) is 12.3. The third kappa shape index (κ3) is 5.18. The minimum atomic E-state index is -4.58. The van der Waals surface area contributed by atoms with Crippen LogP contribution in [0.1, 0.15) is 23.0 Å². The van der Waals surface area contributed by atoms with Crippen LogP contribution in [0.5, 0.6) is 0 Å². The first kappa shape index (κ1) is 22.3. The maximum Gasteiger partial charge on any atom is 0.433 e. The van der Waals surface area contributed by atoms with E-state index in [1.165, 1.54) is 37.3 Å². The third-order valence-electron chi connectivity index (χ3n) is 4.19. The monoisotopic (exact) mass is 454 g/mol. The Morgan fingerprint density at radius 3 is 2.40 bits per heavy atom. The Labute approximate surface area is 175 Å². The second kappa shape index (κ2) is 8.75. The first-order valence-corrected chi connectivity index (χ1v) is 11.3. The Hall–Kier alpha value is -2.43. The lowest BCUT2D eigenvalue weighted by Gasteiger charge is -2.12. The van der Waals surface area contributed by atoms with Crippen LogP contribution in [-0.4, -0.2) is 31.5 Å². The fourth-order valence-electron chi connectivity index (χ4n) is 2.70. The van der Waals surface area contributed by atoms with Gasteiger partial charge >= 0.3 is 6.18 Å². The molecule has 1 aromatic heterocycles. The van der Waals surface area contributed by atoms with E-state index in [9.17, 15) is 26.4 Å². The second-order valence-electron chi connectivity index (χ2n) is 6.35. The van der Waals surface area contributed by atoms with E-state index < -0.39 is 21.9 Å². The zero-order chi connectivity index (χ0) is 21.9. The van der Waals surface area contributed by atoms with Crippen LogP contribution in [0.2, 0.25) is 0 Å². The molecule has 0 aliphatic rings. The summed E-state index contributed by atoms with van der Waals surface area (Å²) in [6.07, 6.45) is -4.58. The SMILES string of the molecule is CC(=O)c1ccc(S(=O)(=O)NCCSc2cc(C(F)(F)F)nc3ccccc23)cc1. The van der Waals surface area contributed by atoms with Gasteiger partial charge in [0.05, 0.1) is 10.4 Å². The van der Waals surface area contributed by atoms with Crippen LogP contribution in [-0.2, 0) is 16.2 Å². The molecule has 3 aromatic rings. The highest BCUT2D eigenvalue weighted by Crippen LogP contribution is 2.34. The Morgan fingerprint density at radius 2 is 1.77 bits per heavy atom. The van der Waals surface area contributed by atoms with Crippen LogP contribution < -0.4 is 4.72 Å². The summed E-state index contributed by atoms with van der Waals surface area (Å²) in [6.45, 7) is 1.39. The second-order valence-corrected chi connectivity index (χ2v) is 9.25. The van der Waals surface area contributed by atoms with Crippen molar-refractivity contribution < 1.29 is 26.4 Å². The molecule has 0 atom stereocenters. The Balaban J connectivity index is 1.70. The maximum absolute atomic E-state index is 13.1. The van der Waals surface area contributed by atoms with Gasteiger partial charge in [-0.1, -0.05) is 30.3 Å². The number of pyridine rings is 1. The fraction of sp³-hybridized carbons (Fsp3) is 0.200. The van der Waals surface area contributed by atoms with Crippen molar-refractivity contribution in [3.8, 4) is 0 Å². The molecule has 0 fully saturated rings. The number of carbonyl (C=O) groups is 1. The molecule has 10 heteroatoms. The lowest BCUT2D eigenvalue weighted by Crippen LogP contribution is -2.26. The number of hydrogen-bond acceptors (Lipinski definition) is 5. The predicted molar refractivity (Wildman–Crippen MR) is 109 cm³/mol. The van der Waals surface area contributed by atoms with Gasteiger partial charge in [0.25, 0.3) is 0 Å². The topological polar surface area (TPSA) is 76.1 Å². The molecular formula is C20H17F3N2O3S2. The number of halogens is 3. The number of thioether (sulfide) groups is 1. The summed E-state index contributed by atoms with van der Waals surface area (Å²) in [4.78, 5) is 15.3. The Morgan fingerprint density at radius 1 is 1.10 bits per heavy atom. The van der Waals surface area contributed by atoms with Gasteiger partial charge < -0.3 is 0 Å². The highest BCUT2D eigenvalue weighted by Gasteiger charge is 2.33. The quantitative estimate of drug-likeness (QED) is 0.323.